The van der Waals surface area contributed by atoms with Crippen LogP contribution in [0, 0.1) is 6.92 Å². The number of carbonyl (C=O) groups is 1. The van der Waals surface area contributed by atoms with E-state index in [2.05, 4.69) is 10.6 Å². The maximum Gasteiger partial charge on any atom is 0.422 e. The molecule has 0 unspecified atom stereocenters. The number of nitrogens with one attached hydrogen (secondary N) is 2. The summed E-state index contributed by atoms with van der Waals surface area (Å²) in [5.41, 5.74) is 0.932. The highest BCUT2D eigenvalue weighted by atomic mass is 35.5. The van der Waals surface area contributed by atoms with Crippen LogP contribution in [0.2, 0.25) is 0 Å². The average Bonchev–Trinajstić information content (AvgIpc) is 2.43. The summed E-state index contributed by atoms with van der Waals surface area (Å²) in [7, 11) is 1.54. The molecule has 23 heavy (non-hydrogen) atoms. The Morgan fingerprint density at radius 3 is 2.61 bits per heavy atom. The molecule has 1 amide bonds. The SMILES string of the molecule is COCCNCC(=O)Nc1ccc(C)cc1OCC(F)(F)F.Cl. The molecule has 5 nitrogen and oxygen atoms in total. The second-order valence-electron chi connectivity index (χ2n) is 4.62. The Morgan fingerprint density at radius 1 is 1.30 bits per heavy atom. The fourth-order valence-corrected chi connectivity index (χ4v) is 1.58. The summed E-state index contributed by atoms with van der Waals surface area (Å²) in [6.45, 7) is 1.28. The number of hydrogen-bond donors (Lipinski definition) is 2. The molecule has 0 aliphatic carbocycles. The summed E-state index contributed by atoms with van der Waals surface area (Å²) in [5.74, 6) is -0.389. The van der Waals surface area contributed by atoms with Crippen molar-refractivity contribution < 1.29 is 27.4 Å². The molecule has 0 saturated heterocycles. The number of carbonyl (C=O) groups excluding carboxylic acids is 1. The quantitative estimate of drug-likeness (QED) is 0.703. The first-order chi connectivity index (χ1) is 10.3. The molecule has 0 aliphatic heterocycles. The minimum absolute atomic E-state index is 0. The number of hydrogen-bond acceptors (Lipinski definition) is 4. The third-order valence-electron chi connectivity index (χ3n) is 2.57. The molecule has 9 heteroatoms. The molecule has 1 rings (SSSR count). The van der Waals surface area contributed by atoms with Gasteiger partial charge in [-0.2, -0.15) is 13.2 Å². The highest BCUT2D eigenvalue weighted by Crippen LogP contribution is 2.27. The fraction of sp³-hybridized carbons (Fsp3) is 0.500. The Balaban J connectivity index is 0.00000484. The van der Waals surface area contributed by atoms with Crippen LogP contribution in [0.4, 0.5) is 18.9 Å². The monoisotopic (exact) mass is 356 g/mol. The van der Waals surface area contributed by atoms with Crippen LogP contribution in [-0.2, 0) is 9.53 Å². The van der Waals surface area contributed by atoms with E-state index in [4.69, 9.17) is 9.47 Å². The minimum atomic E-state index is -4.44. The van der Waals surface area contributed by atoms with Crippen molar-refractivity contribution in [2.45, 2.75) is 13.1 Å². The van der Waals surface area contributed by atoms with Crippen LogP contribution in [0.15, 0.2) is 18.2 Å². The van der Waals surface area contributed by atoms with Gasteiger partial charge in [-0.15, -0.1) is 12.4 Å². The largest absolute Gasteiger partial charge is 0.482 e. The molecule has 0 spiro atoms. The second kappa shape index (κ2) is 10.3. The first-order valence-corrected chi connectivity index (χ1v) is 6.61. The van der Waals surface area contributed by atoms with Crippen LogP contribution in [-0.4, -0.2) is 45.5 Å². The van der Waals surface area contributed by atoms with Gasteiger partial charge in [-0.3, -0.25) is 4.79 Å². The predicted octanol–water partition coefficient (Wildman–Crippen LogP) is 2.53. The lowest BCUT2D eigenvalue weighted by Crippen LogP contribution is -2.30. The molecular formula is C14H20ClF3N2O3. The molecule has 0 bridgehead atoms. The van der Waals surface area contributed by atoms with Gasteiger partial charge < -0.3 is 20.1 Å². The van der Waals surface area contributed by atoms with Crippen LogP contribution in [0.1, 0.15) is 5.56 Å². The average molecular weight is 357 g/mol. The number of rotatable bonds is 8. The van der Waals surface area contributed by atoms with E-state index in [0.29, 0.717) is 13.2 Å². The highest BCUT2D eigenvalue weighted by Gasteiger charge is 2.29. The normalized spacial score (nSPS) is 10.8. The first kappa shape index (κ1) is 21.5. The Bertz CT molecular complexity index is 499. The van der Waals surface area contributed by atoms with Crippen molar-refractivity contribution >= 4 is 24.0 Å². The Labute approximate surface area is 138 Å². The maximum atomic E-state index is 12.2. The third kappa shape index (κ3) is 9.27. The van der Waals surface area contributed by atoms with Gasteiger partial charge in [0, 0.05) is 13.7 Å². The summed E-state index contributed by atoms with van der Waals surface area (Å²) in [6, 6.07) is 4.63. The van der Waals surface area contributed by atoms with Crippen molar-refractivity contribution in [2.24, 2.45) is 0 Å². The number of ether oxygens (including phenoxy) is 2. The zero-order chi connectivity index (χ0) is 16.6. The van der Waals surface area contributed by atoms with E-state index in [0.717, 1.165) is 5.56 Å². The van der Waals surface area contributed by atoms with Crippen molar-refractivity contribution in [2.75, 3.05) is 38.7 Å². The van der Waals surface area contributed by atoms with E-state index in [9.17, 15) is 18.0 Å². The fourth-order valence-electron chi connectivity index (χ4n) is 1.58. The molecule has 1 aromatic carbocycles. The van der Waals surface area contributed by atoms with Crippen molar-refractivity contribution in [1.82, 2.24) is 5.32 Å². The van der Waals surface area contributed by atoms with E-state index < -0.39 is 12.8 Å². The molecule has 132 valence electrons. The van der Waals surface area contributed by atoms with Crippen LogP contribution in [0.3, 0.4) is 0 Å². The molecule has 1 aromatic rings. The molecule has 2 N–H and O–H groups in total. The Morgan fingerprint density at radius 2 is 2.00 bits per heavy atom. The van der Waals surface area contributed by atoms with E-state index >= 15 is 0 Å². The summed E-state index contributed by atoms with van der Waals surface area (Å²) in [5, 5.41) is 5.35. The lowest BCUT2D eigenvalue weighted by atomic mass is 10.2. The molecule has 0 saturated carbocycles. The molecule has 0 heterocycles. The van der Waals surface area contributed by atoms with E-state index in [1.807, 2.05) is 0 Å². The van der Waals surface area contributed by atoms with Gasteiger partial charge in [0.25, 0.3) is 0 Å². The topological polar surface area (TPSA) is 59.6 Å². The first-order valence-electron chi connectivity index (χ1n) is 6.61. The van der Waals surface area contributed by atoms with Gasteiger partial charge in [0.1, 0.15) is 5.75 Å². The zero-order valence-corrected chi connectivity index (χ0v) is 13.6. The number of halogens is 4. The number of alkyl halides is 3. The van der Waals surface area contributed by atoms with Crippen LogP contribution in [0.25, 0.3) is 0 Å². The van der Waals surface area contributed by atoms with Gasteiger partial charge in [-0.05, 0) is 24.6 Å². The number of anilines is 1. The van der Waals surface area contributed by atoms with Gasteiger partial charge >= 0.3 is 6.18 Å². The highest BCUT2D eigenvalue weighted by molar-refractivity contribution is 5.93. The zero-order valence-electron chi connectivity index (χ0n) is 12.8. The molecule has 0 radical (unpaired) electrons. The van der Waals surface area contributed by atoms with Crippen LogP contribution < -0.4 is 15.4 Å². The summed E-state index contributed by atoms with van der Waals surface area (Å²) in [4.78, 5) is 11.7. The van der Waals surface area contributed by atoms with Gasteiger partial charge in [-0.25, -0.2) is 0 Å². The lowest BCUT2D eigenvalue weighted by molar-refractivity contribution is -0.153. The maximum absolute atomic E-state index is 12.2. The molecule has 0 aromatic heterocycles. The summed E-state index contributed by atoms with van der Waals surface area (Å²) >= 11 is 0. The lowest BCUT2D eigenvalue weighted by Gasteiger charge is -2.14. The van der Waals surface area contributed by atoms with E-state index in [1.54, 1.807) is 13.0 Å². The number of aryl methyl sites for hydroxylation is 1. The van der Waals surface area contributed by atoms with Crippen molar-refractivity contribution in [1.29, 1.82) is 0 Å². The molecule has 0 atom stereocenters. The Hall–Kier alpha value is -1.51. The number of amides is 1. The van der Waals surface area contributed by atoms with Crippen molar-refractivity contribution in [3.05, 3.63) is 23.8 Å². The van der Waals surface area contributed by atoms with Gasteiger partial charge in [-0.1, -0.05) is 6.07 Å². The standard InChI is InChI=1S/C14H19F3N2O3.ClH/c1-10-3-4-11(12(7-10)22-9-14(15,16)17)19-13(20)8-18-5-6-21-2;/h3-4,7,18H,5-6,8-9H2,1-2H3,(H,19,20);1H. The van der Waals surface area contributed by atoms with E-state index in [-0.39, 0.29) is 36.3 Å². The van der Waals surface area contributed by atoms with Gasteiger partial charge in [0.2, 0.25) is 5.91 Å². The number of benzene rings is 1. The van der Waals surface area contributed by atoms with E-state index in [1.165, 1.54) is 19.2 Å². The predicted molar refractivity (Wildman–Crippen MR) is 83.4 cm³/mol. The molecule has 0 aliphatic rings. The van der Waals surface area contributed by atoms with Crippen molar-refractivity contribution in [3.8, 4) is 5.75 Å². The van der Waals surface area contributed by atoms with Crippen LogP contribution >= 0.6 is 12.4 Å². The van der Waals surface area contributed by atoms with Gasteiger partial charge in [0.15, 0.2) is 6.61 Å². The summed E-state index contributed by atoms with van der Waals surface area (Å²) < 4.78 is 46.3. The Kier molecular flexibility index (Phi) is 9.62. The number of methoxy groups -OCH3 is 1. The smallest absolute Gasteiger partial charge is 0.422 e. The summed E-state index contributed by atoms with van der Waals surface area (Å²) in [6.07, 6.45) is -4.44. The minimum Gasteiger partial charge on any atom is -0.482 e. The third-order valence-corrected chi connectivity index (χ3v) is 2.57. The molecular weight excluding hydrogens is 337 g/mol. The second-order valence-corrected chi connectivity index (χ2v) is 4.62. The molecule has 0 fully saturated rings. The van der Waals surface area contributed by atoms with Crippen LogP contribution in [0.5, 0.6) is 5.75 Å². The van der Waals surface area contributed by atoms with Crippen molar-refractivity contribution in [3.63, 3.8) is 0 Å². The van der Waals surface area contributed by atoms with Gasteiger partial charge in [0.05, 0.1) is 18.8 Å².